The first-order valence-corrected chi connectivity index (χ1v) is 8.85. The van der Waals surface area contributed by atoms with Crippen molar-refractivity contribution in [2.24, 2.45) is 5.73 Å². The van der Waals surface area contributed by atoms with Crippen LogP contribution in [0.4, 0.5) is 0 Å². The highest BCUT2D eigenvalue weighted by Crippen LogP contribution is 2.31. The Morgan fingerprint density at radius 3 is 2.47 bits per heavy atom. The molecule has 0 aliphatic rings. The van der Waals surface area contributed by atoms with Gasteiger partial charge in [-0.15, -0.1) is 11.3 Å². The molecule has 0 aliphatic heterocycles. The second kappa shape index (κ2) is 6.19. The normalized spacial score (nSPS) is 13.2. The monoisotopic (exact) mass is 369 g/mol. The molecule has 1 heterocycles. The van der Waals surface area contributed by atoms with E-state index in [-0.39, 0.29) is 10.4 Å². The van der Waals surface area contributed by atoms with E-state index in [9.17, 15) is 8.42 Å². The second-order valence-corrected chi connectivity index (χ2v) is 9.28. The Bertz CT molecular complexity index is 538. The van der Waals surface area contributed by atoms with Crippen molar-refractivity contribution in [3.63, 3.8) is 0 Å². The van der Waals surface area contributed by atoms with E-state index in [1.165, 1.54) is 11.3 Å². The molecule has 0 amide bonds. The predicted octanol–water partition coefficient (Wildman–Crippen LogP) is 1.59. The maximum atomic E-state index is 12.3. The zero-order valence-corrected chi connectivity index (χ0v) is 14.7. The average Bonchev–Trinajstić information content (AvgIpc) is 2.69. The first kappa shape index (κ1) is 17.1. The van der Waals surface area contributed by atoms with Gasteiger partial charge in [0.2, 0.25) is 10.0 Å². The van der Waals surface area contributed by atoms with E-state index < -0.39 is 10.0 Å². The lowest BCUT2D eigenvalue weighted by molar-refractivity contribution is 0.199. The predicted molar refractivity (Wildman–Crippen MR) is 82.9 cm³/mol. The molecule has 0 bridgehead atoms. The number of hydrogen-bond donors (Lipinski definition) is 2. The van der Waals surface area contributed by atoms with Crippen LogP contribution in [0, 0.1) is 0 Å². The van der Waals surface area contributed by atoms with Gasteiger partial charge in [-0.3, -0.25) is 0 Å². The lowest BCUT2D eigenvalue weighted by Crippen LogP contribution is -2.48. The summed E-state index contributed by atoms with van der Waals surface area (Å²) < 4.78 is 27.7. The van der Waals surface area contributed by atoms with Gasteiger partial charge in [-0.05, 0) is 49.9 Å². The van der Waals surface area contributed by atoms with Crippen LogP contribution in [0.1, 0.15) is 18.7 Å². The molecule has 0 aromatic carbocycles. The summed E-state index contributed by atoms with van der Waals surface area (Å²) in [5.41, 5.74) is 5.27. The number of rotatable bonds is 6. The van der Waals surface area contributed by atoms with E-state index >= 15 is 0 Å². The van der Waals surface area contributed by atoms with Crippen LogP contribution in [0.25, 0.3) is 0 Å². The smallest absolute Gasteiger partial charge is 0.242 e. The largest absolute Gasteiger partial charge is 0.326 e. The average molecular weight is 370 g/mol. The zero-order chi connectivity index (χ0) is 14.8. The third kappa shape index (κ3) is 4.24. The van der Waals surface area contributed by atoms with Crippen LogP contribution < -0.4 is 10.5 Å². The minimum atomic E-state index is -3.52. The molecule has 0 saturated carbocycles. The number of nitrogens with one attached hydrogen (secondary N) is 1. The minimum absolute atomic E-state index is 0.257. The Morgan fingerprint density at radius 2 is 2.05 bits per heavy atom. The molecular weight excluding hydrogens is 350 g/mol. The maximum Gasteiger partial charge on any atom is 0.242 e. The Morgan fingerprint density at radius 1 is 1.47 bits per heavy atom. The molecule has 0 unspecified atom stereocenters. The van der Waals surface area contributed by atoms with Crippen molar-refractivity contribution in [3.8, 4) is 0 Å². The fourth-order valence-electron chi connectivity index (χ4n) is 1.19. The maximum absolute atomic E-state index is 12.3. The van der Waals surface area contributed by atoms with Crippen LogP contribution in [0.2, 0.25) is 0 Å². The summed E-state index contributed by atoms with van der Waals surface area (Å²) in [7, 11) is 0.320. The van der Waals surface area contributed by atoms with Gasteiger partial charge < -0.3 is 10.6 Å². The van der Waals surface area contributed by atoms with Crippen molar-refractivity contribution in [2.45, 2.75) is 30.8 Å². The Labute approximate surface area is 127 Å². The summed E-state index contributed by atoms with van der Waals surface area (Å²) in [5, 5.41) is 0. The molecule has 110 valence electrons. The number of nitrogens with zero attached hydrogens (tertiary/aromatic N) is 1. The van der Waals surface area contributed by atoms with E-state index in [0.29, 0.717) is 16.9 Å². The van der Waals surface area contributed by atoms with Crippen LogP contribution in [0.3, 0.4) is 0 Å². The van der Waals surface area contributed by atoms with Crippen molar-refractivity contribution in [1.29, 1.82) is 0 Å². The summed E-state index contributed by atoms with van der Waals surface area (Å²) in [6.45, 7) is 4.62. The number of thiophene rings is 1. The Kier molecular flexibility index (Phi) is 5.56. The molecule has 3 N–H and O–H groups in total. The third-order valence-corrected chi connectivity index (χ3v) is 6.78. The summed E-state index contributed by atoms with van der Waals surface area (Å²) >= 11 is 4.62. The van der Waals surface area contributed by atoms with Crippen LogP contribution in [-0.2, 0) is 16.6 Å². The van der Waals surface area contributed by atoms with Gasteiger partial charge in [0.15, 0.2) is 0 Å². The summed E-state index contributed by atoms with van der Waals surface area (Å²) in [4.78, 5) is 3.07. The highest BCUT2D eigenvalue weighted by molar-refractivity contribution is 9.11. The molecule has 8 heteroatoms. The summed E-state index contributed by atoms with van der Waals surface area (Å²) in [5.74, 6) is 0. The SMILES string of the molecule is CN(C)C(C)(C)CNS(=O)(=O)c1cc(CN)sc1Br. The quantitative estimate of drug-likeness (QED) is 0.798. The topological polar surface area (TPSA) is 75.4 Å². The molecule has 0 fully saturated rings. The molecule has 0 radical (unpaired) electrons. The number of likely N-dealkylation sites (N-methyl/N-ethyl adjacent to an activating group) is 1. The van der Waals surface area contributed by atoms with Crippen LogP contribution in [0.15, 0.2) is 14.7 Å². The lowest BCUT2D eigenvalue weighted by atomic mass is 10.1. The van der Waals surface area contributed by atoms with Gasteiger partial charge >= 0.3 is 0 Å². The van der Waals surface area contributed by atoms with Crippen molar-refractivity contribution in [3.05, 3.63) is 14.7 Å². The standard InChI is InChI=1S/C11H20BrN3O2S2/c1-11(2,15(3)4)7-14-19(16,17)9-5-8(6-13)18-10(9)12/h5,14H,6-7,13H2,1-4H3. The number of sulfonamides is 1. The van der Waals surface area contributed by atoms with Crippen molar-refractivity contribution in [2.75, 3.05) is 20.6 Å². The lowest BCUT2D eigenvalue weighted by Gasteiger charge is -2.32. The molecule has 0 spiro atoms. The van der Waals surface area contributed by atoms with Crippen LogP contribution in [-0.4, -0.2) is 39.5 Å². The number of halogens is 1. The second-order valence-electron chi connectivity index (χ2n) is 5.09. The molecule has 1 rings (SSSR count). The van der Waals surface area contributed by atoms with Crippen molar-refractivity contribution < 1.29 is 8.42 Å². The number of hydrogen-bond acceptors (Lipinski definition) is 5. The van der Waals surface area contributed by atoms with Crippen molar-refractivity contribution >= 4 is 37.3 Å². The summed E-state index contributed by atoms with van der Waals surface area (Å²) in [6.07, 6.45) is 0. The van der Waals surface area contributed by atoms with Crippen LogP contribution >= 0.6 is 27.3 Å². The first-order valence-electron chi connectivity index (χ1n) is 5.75. The fraction of sp³-hybridized carbons (Fsp3) is 0.636. The van der Waals surface area contributed by atoms with Gasteiger partial charge in [-0.1, -0.05) is 0 Å². The molecule has 1 aromatic heterocycles. The van der Waals surface area contributed by atoms with Gasteiger partial charge in [-0.2, -0.15) is 0 Å². The fourth-order valence-corrected chi connectivity index (χ4v) is 4.95. The molecule has 5 nitrogen and oxygen atoms in total. The van der Waals surface area contributed by atoms with E-state index in [1.54, 1.807) is 6.07 Å². The van der Waals surface area contributed by atoms with Crippen LogP contribution in [0.5, 0.6) is 0 Å². The highest BCUT2D eigenvalue weighted by Gasteiger charge is 2.26. The summed E-state index contributed by atoms with van der Waals surface area (Å²) in [6, 6.07) is 1.61. The van der Waals surface area contributed by atoms with Gasteiger partial charge in [0, 0.05) is 23.5 Å². The van der Waals surface area contributed by atoms with Gasteiger partial charge in [0.25, 0.3) is 0 Å². The Balaban J connectivity index is 2.90. The molecule has 0 atom stereocenters. The third-order valence-electron chi connectivity index (χ3n) is 3.10. The number of nitrogens with two attached hydrogens (primary N) is 1. The zero-order valence-electron chi connectivity index (χ0n) is 11.5. The molecule has 0 saturated heterocycles. The van der Waals surface area contributed by atoms with Gasteiger partial charge in [0.1, 0.15) is 4.90 Å². The molecule has 19 heavy (non-hydrogen) atoms. The minimum Gasteiger partial charge on any atom is -0.326 e. The first-order chi connectivity index (χ1) is 8.60. The van der Waals surface area contributed by atoms with Crippen molar-refractivity contribution in [1.82, 2.24) is 9.62 Å². The van der Waals surface area contributed by atoms with E-state index in [0.717, 1.165) is 4.88 Å². The molecule has 1 aromatic rings. The van der Waals surface area contributed by atoms with E-state index in [4.69, 9.17) is 5.73 Å². The van der Waals surface area contributed by atoms with Gasteiger partial charge in [-0.25, -0.2) is 13.1 Å². The highest BCUT2D eigenvalue weighted by atomic mass is 79.9. The van der Waals surface area contributed by atoms with E-state index in [1.807, 2.05) is 32.8 Å². The Hall–Kier alpha value is 0.01000. The van der Waals surface area contributed by atoms with E-state index in [2.05, 4.69) is 20.7 Å². The molecular formula is C11H20BrN3O2S2. The van der Waals surface area contributed by atoms with Gasteiger partial charge in [0.05, 0.1) is 3.79 Å². The molecule has 0 aliphatic carbocycles.